The van der Waals surface area contributed by atoms with Crippen LogP contribution in [0.2, 0.25) is 0 Å². The average Bonchev–Trinajstić information content (AvgIpc) is 2.81. The number of nitrogens with zero attached hydrogens (tertiary/aromatic N) is 2. The zero-order valence-electron chi connectivity index (χ0n) is 19.4. The summed E-state index contributed by atoms with van der Waals surface area (Å²) in [6.07, 6.45) is 15.2. The van der Waals surface area contributed by atoms with Crippen molar-refractivity contribution >= 4 is 5.97 Å². The van der Waals surface area contributed by atoms with E-state index in [1.165, 1.54) is 18.9 Å². The van der Waals surface area contributed by atoms with E-state index in [0.717, 1.165) is 57.3 Å². The van der Waals surface area contributed by atoms with Gasteiger partial charge >= 0.3 is 5.97 Å². The first-order valence-corrected chi connectivity index (χ1v) is 11.7. The van der Waals surface area contributed by atoms with Crippen LogP contribution in [0.5, 0.6) is 11.5 Å². The molecule has 0 aliphatic rings. The van der Waals surface area contributed by atoms with Gasteiger partial charge in [-0.15, -0.1) is 0 Å². The van der Waals surface area contributed by atoms with Crippen LogP contribution in [0, 0.1) is 0 Å². The van der Waals surface area contributed by atoms with Crippen molar-refractivity contribution in [2.45, 2.75) is 65.2 Å². The van der Waals surface area contributed by atoms with Gasteiger partial charge in [0.05, 0.1) is 19.0 Å². The molecule has 0 aliphatic heterocycles. The number of esters is 1. The summed E-state index contributed by atoms with van der Waals surface area (Å²) >= 11 is 0. The Kier molecular flexibility index (Phi) is 12.7. The largest absolute Gasteiger partial charge is 0.490 e. The van der Waals surface area contributed by atoms with E-state index < -0.39 is 0 Å². The van der Waals surface area contributed by atoms with Crippen LogP contribution in [-0.4, -0.2) is 35.8 Å². The van der Waals surface area contributed by atoms with Gasteiger partial charge in [0, 0.05) is 24.9 Å². The summed E-state index contributed by atoms with van der Waals surface area (Å²) in [5, 5.41) is 0. The maximum atomic E-state index is 11.9. The molecule has 0 saturated heterocycles. The lowest BCUT2D eigenvalue weighted by molar-refractivity contribution is -0.129. The van der Waals surface area contributed by atoms with E-state index >= 15 is 0 Å². The SMILES string of the molecule is CCCCC/C=C/C(=O)Oc1ccc(-c2ncc(OCCCCOCCCC)cn2)cc1. The minimum Gasteiger partial charge on any atom is -0.490 e. The predicted molar refractivity (Wildman–Crippen MR) is 127 cm³/mol. The molecule has 0 atom stereocenters. The second-order valence-electron chi connectivity index (χ2n) is 7.61. The first-order valence-electron chi connectivity index (χ1n) is 11.7. The predicted octanol–water partition coefficient (Wildman–Crippen LogP) is 6.16. The van der Waals surface area contributed by atoms with E-state index in [2.05, 4.69) is 23.8 Å². The van der Waals surface area contributed by atoms with Crippen molar-refractivity contribution in [1.82, 2.24) is 9.97 Å². The van der Waals surface area contributed by atoms with Gasteiger partial charge in [-0.1, -0.05) is 39.2 Å². The van der Waals surface area contributed by atoms with Crippen molar-refractivity contribution in [1.29, 1.82) is 0 Å². The number of hydrogen-bond acceptors (Lipinski definition) is 6. The maximum Gasteiger partial charge on any atom is 0.335 e. The number of allylic oxidation sites excluding steroid dienone is 1. The third kappa shape index (κ3) is 10.5. The Balaban J connectivity index is 1.71. The van der Waals surface area contributed by atoms with Gasteiger partial charge in [-0.25, -0.2) is 14.8 Å². The lowest BCUT2D eigenvalue weighted by Gasteiger charge is -2.07. The summed E-state index contributed by atoms with van der Waals surface area (Å²) in [5.74, 6) is 1.38. The van der Waals surface area contributed by atoms with Gasteiger partial charge in [0.25, 0.3) is 0 Å². The molecule has 1 heterocycles. The summed E-state index contributed by atoms with van der Waals surface area (Å²) in [7, 11) is 0. The summed E-state index contributed by atoms with van der Waals surface area (Å²) < 4.78 is 16.6. The highest BCUT2D eigenvalue weighted by Crippen LogP contribution is 2.20. The summed E-state index contributed by atoms with van der Waals surface area (Å²) in [5.41, 5.74) is 0.843. The van der Waals surface area contributed by atoms with Gasteiger partial charge < -0.3 is 14.2 Å². The van der Waals surface area contributed by atoms with Crippen LogP contribution in [0.4, 0.5) is 0 Å². The summed E-state index contributed by atoms with van der Waals surface area (Å²) in [4.78, 5) is 20.6. The molecule has 0 fully saturated rings. The van der Waals surface area contributed by atoms with Crippen LogP contribution in [0.15, 0.2) is 48.8 Å². The fourth-order valence-corrected chi connectivity index (χ4v) is 2.90. The minimum atomic E-state index is -0.362. The van der Waals surface area contributed by atoms with Crippen LogP contribution >= 0.6 is 0 Å². The number of ether oxygens (including phenoxy) is 3. The highest BCUT2D eigenvalue weighted by atomic mass is 16.5. The van der Waals surface area contributed by atoms with Crippen molar-refractivity contribution in [2.24, 2.45) is 0 Å². The molecular weight excluding hydrogens is 404 g/mol. The van der Waals surface area contributed by atoms with Crippen molar-refractivity contribution in [3.05, 3.63) is 48.8 Å². The Morgan fingerprint density at radius 1 is 0.844 bits per heavy atom. The zero-order valence-corrected chi connectivity index (χ0v) is 19.4. The molecule has 0 amide bonds. The van der Waals surface area contributed by atoms with E-state index in [4.69, 9.17) is 14.2 Å². The van der Waals surface area contributed by atoms with Crippen molar-refractivity contribution in [3.8, 4) is 22.9 Å². The molecule has 0 N–H and O–H groups in total. The fraction of sp³-hybridized carbons (Fsp3) is 0.500. The fourth-order valence-electron chi connectivity index (χ4n) is 2.90. The summed E-state index contributed by atoms with van der Waals surface area (Å²) in [6.45, 7) is 6.55. The Morgan fingerprint density at radius 2 is 1.53 bits per heavy atom. The van der Waals surface area contributed by atoms with Crippen LogP contribution in [0.25, 0.3) is 11.4 Å². The molecule has 1 aromatic heterocycles. The number of unbranched alkanes of at least 4 members (excludes halogenated alkanes) is 5. The monoisotopic (exact) mass is 440 g/mol. The maximum absolute atomic E-state index is 11.9. The molecule has 0 spiro atoms. The van der Waals surface area contributed by atoms with Gasteiger partial charge in [0.15, 0.2) is 11.6 Å². The molecule has 0 aliphatic carbocycles. The number of carbonyl (C=O) groups excluding carboxylic acids is 1. The van der Waals surface area contributed by atoms with Gasteiger partial charge in [0.2, 0.25) is 0 Å². The second-order valence-corrected chi connectivity index (χ2v) is 7.61. The molecule has 32 heavy (non-hydrogen) atoms. The quantitative estimate of drug-likeness (QED) is 0.135. The Morgan fingerprint density at radius 3 is 2.25 bits per heavy atom. The topological polar surface area (TPSA) is 70.5 Å². The van der Waals surface area contributed by atoms with Crippen LogP contribution < -0.4 is 9.47 Å². The molecule has 1 aromatic carbocycles. The Hall–Kier alpha value is -2.73. The molecule has 0 radical (unpaired) electrons. The van der Waals surface area contributed by atoms with Gasteiger partial charge in [-0.3, -0.25) is 0 Å². The molecule has 2 aromatic rings. The van der Waals surface area contributed by atoms with Gasteiger partial charge in [-0.05, 0) is 56.4 Å². The molecule has 0 saturated carbocycles. The zero-order chi connectivity index (χ0) is 22.9. The van der Waals surface area contributed by atoms with E-state index in [1.54, 1.807) is 24.5 Å². The first-order chi connectivity index (χ1) is 15.7. The first kappa shape index (κ1) is 25.5. The van der Waals surface area contributed by atoms with Crippen LogP contribution in [-0.2, 0) is 9.53 Å². The molecule has 0 unspecified atom stereocenters. The van der Waals surface area contributed by atoms with Crippen molar-refractivity contribution < 1.29 is 19.0 Å². The standard InChI is InChI=1S/C26H36N2O4/c1-3-5-7-8-9-12-25(29)32-23-15-13-22(14-16-23)26-27-20-24(21-28-26)31-19-11-10-18-30-17-6-4-2/h9,12-16,20-21H,3-8,10-11,17-19H2,1-2H3/b12-9+. The third-order valence-electron chi connectivity index (χ3n) is 4.78. The molecular formula is C26H36N2O4. The van der Waals surface area contributed by atoms with E-state index in [9.17, 15) is 4.79 Å². The average molecular weight is 441 g/mol. The normalized spacial score (nSPS) is 11.1. The van der Waals surface area contributed by atoms with E-state index in [1.807, 2.05) is 18.2 Å². The van der Waals surface area contributed by atoms with E-state index in [-0.39, 0.29) is 5.97 Å². The van der Waals surface area contributed by atoms with Gasteiger partial charge in [0.1, 0.15) is 5.75 Å². The number of carbonyl (C=O) groups is 1. The second kappa shape index (κ2) is 16.0. The number of benzene rings is 1. The van der Waals surface area contributed by atoms with Crippen LogP contribution in [0.1, 0.15) is 65.2 Å². The van der Waals surface area contributed by atoms with Crippen molar-refractivity contribution in [3.63, 3.8) is 0 Å². The Bertz CT molecular complexity index is 788. The highest BCUT2D eigenvalue weighted by molar-refractivity contribution is 5.84. The third-order valence-corrected chi connectivity index (χ3v) is 4.78. The molecule has 2 rings (SSSR count). The summed E-state index contributed by atoms with van der Waals surface area (Å²) in [6, 6.07) is 7.16. The van der Waals surface area contributed by atoms with Crippen LogP contribution in [0.3, 0.4) is 0 Å². The molecule has 6 heteroatoms. The number of hydrogen-bond donors (Lipinski definition) is 0. The number of rotatable bonds is 16. The smallest absolute Gasteiger partial charge is 0.335 e. The molecule has 174 valence electrons. The minimum absolute atomic E-state index is 0.362. The van der Waals surface area contributed by atoms with E-state index in [0.29, 0.717) is 23.9 Å². The molecule has 6 nitrogen and oxygen atoms in total. The highest BCUT2D eigenvalue weighted by Gasteiger charge is 2.05. The van der Waals surface area contributed by atoms with Crippen molar-refractivity contribution in [2.75, 3.05) is 19.8 Å². The Labute approximate surface area is 192 Å². The lowest BCUT2D eigenvalue weighted by Crippen LogP contribution is -2.03. The number of aromatic nitrogens is 2. The lowest BCUT2D eigenvalue weighted by atomic mass is 10.2. The molecule has 0 bridgehead atoms. The van der Waals surface area contributed by atoms with Gasteiger partial charge in [-0.2, -0.15) is 0 Å².